The van der Waals surface area contributed by atoms with Crippen LogP contribution in [0.3, 0.4) is 0 Å². The number of nitrogens with zero attached hydrogens (tertiary/aromatic N) is 1. The van der Waals surface area contributed by atoms with Gasteiger partial charge in [0.1, 0.15) is 5.54 Å². The monoisotopic (exact) mass is 488 g/mol. The van der Waals surface area contributed by atoms with E-state index in [1.54, 1.807) is 18.2 Å². The van der Waals surface area contributed by atoms with Crippen LogP contribution in [0, 0.1) is 11.8 Å². The number of ether oxygens (including phenoxy) is 1. The molecule has 3 aromatic carbocycles. The molecule has 35 heavy (non-hydrogen) atoms. The van der Waals surface area contributed by atoms with Crippen molar-refractivity contribution in [1.29, 1.82) is 0 Å². The molecule has 0 saturated carbocycles. The second kappa shape index (κ2) is 9.29. The lowest BCUT2D eigenvalue weighted by Crippen LogP contribution is -2.57. The molecule has 2 fully saturated rings. The summed E-state index contributed by atoms with van der Waals surface area (Å²) in [5.74, 6) is -2.94. The van der Waals surface area contributed by atoms with Crippen LogP contribution in [0.25, 0.3) is 0 Å². The van der Waals surface area contributed by atoms with Crippen molar-refractivity contribution in [2.75, 3.05) is 7.11 Å². The van der Waals surface area contributed by atoms with E-state index in [4.69, 9.17) is 16.3 Å². The molecule has 7 heteroatoms. The number of benzene rings is 3. The highest BCUT2D eigenvalue weighted by Crippen LogP contribution is 2.50. The number of hydrogen-bond acceptors (Lipinski definition) is 5. The summed E-state index contributed by atoms with van der Waals surface area (Å²) in [6, 6.07) is 25.4. The second-order valence-electron chi connectivity index (χ2n) is 9.05. The third-order valence-electron chi connectivity index (χ3n) is 7.01. The van der Waals surface area contributed by atoms with Gasteiger partial charge in [-0.05, 0) is 28.8 Å². The smallest absolute Gasteiger partial charge is 0.327 e. The molecule has 4 atom stereocenters. The number of amides is 2. The van der Waals surface area contributed by atoms with E-state index in [1.807, 2.05) is 66.7 Å². The lowest BCUT2D eigenvalue weighted by Gasteiger charge is -2.32. The van der Waals surface area contributed by atoms with Gasteiger partial charge in [0.2, 0.25) is 11.8 Å². The molecule has 0 radical (unpaired) electrons. The molecule has 2 aliphatic rings. The van der Waals surface area contributed by atoms with Gasteiger partial charge in [0.05, 0.1) is 25.5 Å². The van der Waals surface area contributed by atoms with Gasteiger partial charge < -0.3 is 4.74 Å². The summed E-state index contributed by atoms with van der Waals surface area (Å²) >= 11 is 6.28. The minimum absolute atomic E-state index is 0.149. The van der Waals surface area contributed by atoms with Gasteiger partial charge in [-0.2, -0.15) is 0 Å². The fourth-order valence-corrected chi connectivity index (χ4v) is 5.69. The Labute approximate surface area is 208 Å². The quantitative estimate of drug-likeness (QED) is 0.420. The largest absolute Gasteiger partial charge is 0.468 e. The van der Waals surface area contributed by atoms with Crippen molar-refractivity contribution in [3.63, 3.8) is 0 Å². The van der Waals surface area contributed by atoms with Crippen molar-refractivity contribution in [1.82, 2.24) is 10.2 Å². The van der Waals surface area contributed by atoms with Gasteiger partial charge in [-0.3, -0.25) is 24.6 Å². The summed E-state index contributed by atoms with van der Waals surface area (Å²) in [5.41, 5.74) is 1.03. The van der Waals surface area contributed by atoms with E-state index >= 15 is 0 Å². The SMILES string of the molecule is COC(=O)[C@]1(Cc2ccccc2)N[C@H](c2cccc(Cl)c2)[C@H]2C(=O)N(Cc3ccccc3)C(=O)[C@@H]21. The average molecular weight is 489 g/mol. The Morgan fingerprint density at radius 2 is 1.60 bits per heavy atom. The van der Waals surface area contributed by atoms with E-state index in [2.05, 4.69) is 5.32 Å². The van der Waals surface area contributed by atoms with Crippen molar-refractivity contribution in [3.05, 3.63) is 107 Å². The summed E-state index contributed by atoms with van der Waals surface area (Å²) in [6.07, 6.45) is 0.205. The van der Waals surface area contributed by atoms with E-state index in [9.17, 15) is 14.4 Å². The third-order valence-corrected chi connectivity index (χ3v) is 7.25. The zero-order valence-electron chi connectivity index (χ0n) is 19.2. The molecule has 178 valence electrons. The molecular formula is C28H25ClN2O4. The first-order valence-corrected chi connectivity index (χ1v) is 11.9. The minimum atomic E-state index is -1.41. The molecule has 2 saturated heterocycles. The molecule has 5 rings (SSSR count). The Hall–Kier alpha value is -3.48. The fraction of sp³-hybridized carbons (Fsp3) is 0.250. The minimum Gasteiger partial charge on any atom is -0.468 e. The number of carbonyl (C=O) groups is 3. The topological polar surface area (TPSA) is 75.7 Å². The Morgan fingerprint density at radius 1 is 0.943 bits per heavy atom. The van der Waals surface area contributed by atoms with E-state index in [1.165, 1.54) is 12.0 Å². The van der Waals surface area contributed by atoms with Gasteiger partial charge in [0.25, 0.3) is 0 Å². The molecule has 2 amide bonds. The van der Waals surface area contributed by atoms with E-state index in [0.29, 0.717) is 5.02 Å². The summed E-state index contributed by atoms with van der Waals surface area (Å²) in [4.78, 5) is 42.4. The lowest BCUT2D eigenvalue weighted by molar-refractivity contribution is -0.154. The highest BCUT2D eigenvalue weighted by atomic mass is 35.5. The van der Waals surface area contributed by atoms with Crippen LogP contribution in [0.4, 0.5) is 0 Å². The van der Waals surface area contributed by atoms with Crippen LogP contribution in [-0.2, 0) is 32.1 Å². The van der Waals surface area contributed by atoms with Crippen molar-refractivity contribution >= 4 is 29.4 Å². The Kier molecular flexibility index (Phi) is 6.17. The summed E-state index contributed by atoms with van der Waals surface area (Å²) in [7, 11) is 1.31. The van der Waals surface area contributed by atoms with Crippen molar-refractivity contribution in [2.45, 2.75) is 24.5 Å². The molecule has 0 spiro atoms. The van der Waals surface area contributed by atoms with Gasteiger partial charge in [-0.25, -0.2) is 0 Å². The third kappa shape index (κ3) is 4.03. The predicted molar refractivity (Wildman–Crippen MR) is 131 cm³/mol. The van der Waals surface area contributed by atoms with Gasteiger partial charge in [-0.15, -0.1) is 0 Å². The van der Waals surface area contributed by atoms with Crippen LogP contribution in [-0.4, -0.2) is 35.3 Å². The summed E-state index contributed by atoms with van der Waals surface area (Å²) < 4.78 is 5.25. The number of fused-ring (bicyclic) bond motifs is 1. The standard InChI is InChI=1S/C28H25ClN2O4/c1-35-27(34)28(16-18-9-4-2-5-10-18)23-22(24(30-28)20-13-8-14-21(29)15-20)25(32)31(26(23)33)17-19-11-6-3-7-12-19/h2-15,22-24,30H,16-17H2,1H3/t22-,23+,24+,28+/m0/s1. The Morgan fingerprint density at radius 3 is 2.23 bits per heavy atom. The molecule has 6 nitrogen and oxygen atoms in total. The van der Waals surface area contributed by atoms with Crippen LogP contribution in [0.2, 0.25) is 5.02 Å². The maximum atomic E-state index is 13.9. The van der Waals surface area contributed by atoms with Crippen LogP contribution < -0.4 is 5.32 Å². The first-order chi connectivity index (χ1) is 16.9. The fourth-order valence-electron chi connectivity index (χ4n) is 5.49. The second-order valence-corrected chi connectivity index (χ2v) is 9.49. The zero-order valence-corrected chi connectivity index (χ0v) is 19.9. The van der Waals surface area contributed by atoms with Crippen LogP contribution in [0.1, 0.15) is 22.7 Å². The summed E-state index contributed by atoms with van der Waals surface area (Å²) in [5, 5.41) is 3.90. The predicted octanol–water partition coefficient (Wildman–Crippen LogP) is 3.94. The van der Waals surface area contributed by atoms with Crippen molar-refractivity contribution in [3.8, 4) is 0 Å². The maximum absolute atomic E-state index is 13.9. The van der Waals surface area contributed by atoms with E-state index in [0.717, 1.165) is 16.7 Å². The van der Waals surface area contributed by atoms with Crippen LogP contribution >= 0.6 is 11.6 Å². The molecule has 0 bridgehead atoms. The van der Waals surface area contributed by atoms with Crippen LogP contribution in [0.5, 0.6) is 0 Å². The van der Waals surface area contributed by atoms with Gasteiger partial charge in [0.15, 0.2) is 0 Å². The normalized spacial score (nSPS) is 25.5. The van der Waals surface area contributed by atoms with E-state index in [-0.39, 0.29) is 24.8 Å². The Bertz CT molecular complexity index is 1270. The van der Waals surface area contributed by atoms with Gasteiger partial charge >= 0.3 is 5.97 Å². The highest BCUT2D eigenvalue weighted by molar-refractivity contribution is 6.30. The van der Waals surface area contributed by atoms with Crippen molar-refractivity contribution in [2.24, 2.45) is 11.8 Å². The lowest BCUT2D eigenvalue weighted by atomic mass is 9.76. The molecule has 2 heterocycles. The number of hydrogen-bond donors (Lipinski definition) is 1. The molecular weight excluding hydrogens is 464 g/mol. The number of methoxy groups -OCH3 is 1. The Balaban J connectivity index is 1.63. The molecule has 3 aromatic rings. The molecule has 0 aromatic heterocycles. The first kappa shape index (κ1) is 23.3. The van der Waals surface area contributed by atoms with Crippen LogP contribution in [0.15, 0.2) is 84.9 Å². The highest BCUT2D eigenvalue weighted by Gasteiger charge is 2.68. The van der Waals surface area contributed by atoms with Gasteiger partial charge in [-0.1, -0.05) is 84.4 Å². The number of likely N-dealkylation sites (tertiary alicyclic amines) is 1. The number of esters is 1. The molecule has 2 aliphatic heterocycles. The van der Waals surface area contributed by atoms with Gasteiger partial charge in [0, 0.05) is 17.5 Å². The summed E-state index contributed by atoms with van der Waals surface area (Å²) in [6.45, 7) is 0.149. The molecule has 0 unspecified atom stereocenters. The zero-order chi connectivity index (χ0) is 24.6. The number of carbonyl (C=O) groups excluding carboxylic acids is 3. The molecule has 1 N–H and O–H groups in total. The number of nitrogens with one attached hydrogen (secondary N) is 1. The van der Waals surface area contributed by atoms with E-state index < -0.39 is 29.4 Å². The molecule has 0 aliphatic carbocycles. The first-order valence-electron chi connectivity index (χ1n) is 11.5. The maximum Gasteiger partial charge on any atom is 0.327 e. The number of halogens is 1. The average Bonchev–Trinajstić information content (AvgIpc) is 3.34. The number of imide groups is 1. The van der Waals surface area contributed by atoms with Crippen molar-refractivity contribution < 1.29 is 19.1 Å². The number of rotatable bonds is 6.